The highest BCUT2D eigenvalue weighted by atomic mass is 19.1. The van der Waals surface area contributed by atoms with E-state index in [1.807, 2.05) is 12.1 Å². The van der Waals surface area contributed by atoms with E-state index < -0.39 is 0 Å². The number of hydrogen-bond donors (Lipinski definition) is 1. The number of furan rings is 1. The maximum Gasteiger partial charge on any atom is 0.169 e. The van der Waals surface area contributed by atoms with Crippen LogP contribution in [-0.4, -0.2) is 6.54 Å². The fourth-order valence-electron chi connectivity index (χ4n) is 2.99. The molecule has 2 unspecified atom stereocenters. The van der Waals surface area contributed by atoms with Gasteiger partial charge in [0.25, 0.3) is 0 Å². The molecule has 21 heavy (non-hydrogen) atoms. The second kappa shape index (κ2) is 7.60. The normalized spacial score (nSPS) is 14.5. The standard InChI is InChI=1S/C18H26FNO/c1-4-7-9-13(5-2)17(20-6-3)16-12-14-10-8-11-15(19)18(14)21-16/h8,10-13,17,20H,4-7,9H2,1-3H3. The van der Waals surface area contributed by atoms with Crippen LogP contribution in [0.25, 0.3) is 11.0 Å². The lowest BCUT2D eigenvalue weighted by Crippen LogP contribution is -2.27. The molecule has 1 N–H and O–H groups in total. The summed E-state index contributed by atoms with van der Waals surface area (Å²) in [4.78, 5) is 0. The molecule has 2 aromatic rings. The average molecular weight is 291 g/mol. The fraction of sp³-hybridized carbons (Fsp3) is 0.556. The Morgan fingerprint density at radius 3 is 2.67 bits per heavy atom. The Hall–Kier alpha value is -1.35. The third-order valence-electron chi connectivity index (χ3n) is 4.17. The van der Waals surface area contributed by atoms with Crippen molar-refractivity contribution in [3.05, 3.63) is 35.8 Å². The van der Waals surface area contributed by atoms with Crippen molar-refractivity contribution < 1.29 is 8.81 Å². The van der Waals surface area contributed by atoms with Crippen LogP contribution >= 0.6 is 0 Å². The third kappa shape index (κ3) is 3.65. The van der Waals surface area contributed by atoms with Crippen molar-refractivity contribution in [2.45, 2.75) is 52.5 Å². The summed E-state index contributed by atoms with van der Waals surface area (Å²) in [5.74, 6) is 1.10. The summed E-state index contributed by atoms with van der Waals surface area (Å²) in [6.07, 6.45) is 4.68. The van der Waals surface area contributed by atoms with Gasteiger partial charge in [0.2, 0.25) is 0 Å². The first-order valence-corrected chi connectivity index (χ1v) is 8.12. The minimum atomic E-state index is -0.282. The number of benzene rings is 1. The Morgan fingerprint density at radius 1 is 1.24 bits per heavy atom. The van der Waals surface area contributed by atoms with Gasteiger partial charge in [0.05, 0.1) is 6.04 Å². The molecule has 1 aromatic carbocycles. The molecule has 1 heterocycles. The number of hydrogen-bond acceptors (Lipinski definition) is 2. The van der Waals surface area contributed by atoms with E-state index >= 15 is 0 Å². The Bertz CT molecular complexity index is 563. The molecule has 3 heteroatoms. The molecule has 0 amide bonds. The van der Waals surface area contributed by atoms with Crippen molar-refractivity contribution in [3.8, 4) is 0 Å². The van der Waals surface area contributed by atoms with Gasteiger partial charge in [-0.2, -0.15) is 0 Å². The van der Waals surface area contributed by atoms with Crippen LogP contribution in [0.15, 0.2) is 28.7 Å². The van der Waals surface area contributed by atoms with Gasteiger partial charge in [0.1, 0.15) is 5.76 Å². The van der Waals surface area contributed by atoms with Crippen LogP contribution in [0.5, 0.6) is 0 Å². The smallest absolute Gasteiger partial charge is 0.169 e. The predicted octanol–water partition coefficient (Wildman–Crippen LogP) is 5.44. The van der Waals surface area contributed by atoms with E-state index in [1.165, 1.54) is 25.3 Å². The van der Waals surface area contributed by atoms with Crippen molar-refractivity contribution in [3.63, 3.8) is 0 Å². The number of nitrogens with one attached hydrogen (secondary N) is 1. The SMILES string of the molecule is CCCCC(CC)C(NCC)c1cc2cccc(F)c2o1. The Balaban J connectivity index is 2.32. The van der Waals surface area contributed by atoms with Crippen molar-refractivity contribution in [1.82, 2.24) is 5.32 Å². The molecule has 116 valence electrons. The zero-order valence-corrected chi connectivity index (χ0v) is 13.3. The molecule has 2 atom stereocenters. The van der Waals surface area contributed by atoms with E-state index in [-0.39, 0.29) is 11.9 Å². The highest BCUT2D eigenvalue weighted by Crippen LogP contribution is 2.33. The van der Waals surface area contributed by atoms with Crippen LogP contribution in [0.3, 0.4) is 0 Å². The van der Waals surface area contributed by atoms with Crippen LogP contribution in [0.1, 0.15) is 58.3 Å². The third-order valence-corrected chi connectivity index (χ3v) is 4.17. The first-order chi connectivity index (χ1) is 10.2. The van der Waals surface area contributed by atoms with Gasteiger partial charge in [0, 0.05) is 5.39 Å². The summed E-state index contributed by atoms with van der Waals surface area (Å²) in [5.41, 5.74) is 0.376. The number of rotatable bonds is 8. The maximum absolute atomic E-state index is 13.8. The van der Waals surface area contributed by atoms with E-state index in [0.717, 1.165) is 24.1 Å². The summed E-state index contributed by atoms with van der Waals surface area (Å²) in [6, 6.07) is 7.24. The number of halogens is 1. The van der Waals surface area contributed by atoms with Gasteiger partial charge in [-0.3, -0.25) is 0 Å². The minimum Gasteiger partial charge on any atom is -0.456 e. The lowest BCUT2D eigenvalue weighted by atomic mass is 9.89. The zero-order valence-electron chi connectivity index (χ0n) is 13.3. The number of unbranched alkanes of at least 4 members (excludes halogenated alkanes) is 1. The second-order valence-electron chi connectivity index (χ2n) is 5.65. The first kappa shape index (κ1) is 16.0. The summed E-state index contributed by atoms with van der Waals surface area (Å²) in [5, 5.41) is 4.37. The first-order valence-electron chi connectivity index (χ1n) is 8.12. The molecule has 0 saturated carbocycles. The lowest BCUT2D eigenvalue weighted by Gasteiger charge is -2.25. The maximum atomic E-state index is 13.8. The number of para-hydroxylation sites is 1. The van der Waals surface area contributed by atoms with E-state index in [9.17, 15) is 4.39 Å². The molecular weight excluding hydrogens is 265 g/mol. The molecule has 0 aliphatic heterocycles. The van der Waals surface area contributed by atoms with Gasteiger partial charge in [0.15, 0.2) is 11.4 Å². The Morgan fingerprint density at radius 2 is 2.05 bits per heavy atom. The van der Waals surface area contributed by atoms with Crippen LogP contribution in [0.2, 0.25) is 0 Å². The quantitative estimate of drug-likeness (QED) is 0.700. The largest absolute Gasteiger partial charge is 0.456 e. The molecule has 0 bridgehead atoms. The Labute approximate surface area is 126 Å². The van der Waals surface area contributed by atoms with Crippen LogP contribution in [0.4, 0.5) is 4.39 Å². The summed E-state index contributed by atoms with van der Waals surface area (Å²) in [6.45, 7) is 7.41. The van der Waals surface area contributed by atoms with E-state index in [2.05, 4.69) is 26.1 Å². The molecule has 2 rings (SSSR count). The van der Waals surface area contributed by atoms with Gasteiger partial charge in [-0.05, 0) is 31.0 Å². The van der Waals surface area contributed by atoms with Crippen LogP contribution in [0, 0.1) is 11.7 Å². The monoisotopic (exact) mass is 291 g/mol. The van der Waals surface area contributed by atoms with Crippen molar-refractivity contribution >= 4 is 11.0 Å². The summed E-state index contributed by atoms with van der Waals surface area (Å²) in [7, 11) is 0. The summed E-state index contributed by atoms with van der Waals surface area (Å²) < 4.78 is 19.7. The molecule has 2 nitrogen and oxygen atoms in total. The molecule has 0 spiro atoms. The van der Waals surface area contributed by atoms with Crippen molar-refractivity contribution in [2.75, 3.05) is 6.54 Å². The molecule has 1 aromatic heterocycles. The van der Waals surface area contributed by atoms with Gasteiger partial charge >= 0.3 is 0 Å². The van der Waals surface area contributed by atoms with E-state index in [0.29, 0.717) is 11.5 Å². The zero-order chi connectivity index (χ0) is 15.2. The minimum absolute atomic E-state index is 0.165. The van der Waals surface area contributed by atoms with Gasteiger partial charge in [-0.1, -0.05) is 52.2 Å². The van der Waals surface area contributed by atoms with Crippen molar-refractivity contribution in [2.24, 2.45) is 5.92 Å². The van der Waals surface area contributed by atoms with Gasteiger partial charge in [-0.15, -0.1) is 0 Å². The van der Waals surface area contributed by atoms with E-state index in [4.69, 9.17) is 4.42 Å². The topological polar surface area (TPSA) is 25.2 Å². The molecule has 0 fully saturated rings. The average Bonchev–Trinajstić information content (AvgIpc) is 2.92. The highest BCUT2D eigenvalue weighted by Gasteiger charge is 2.24. The molecule has 0 aliphatic rings. The molecule has 0 aliphatic carbocycles. The van der Waals surface area contributed by atoms with Gasteiger partial charge < -0.3 is 9.73 Å². The highest BCUT2D eigenvalue weighted by molar-refractivity contribution is 5.78. The van der Waals surface area contributed by atoms with Crippen molar-refractivity contribution in [1.29, 1.82) is 0 Å². The lowest BCUT2D eigenvalue weighted by molar-refractivity contribution is 0.290. The second-order valence-corrected chi connectivity index (χ2v) is 5.65. The van der Waals surface area contributed by atoms with Gasteiger partial charge in [-0.25, -0.2) is 4.39 Å². The summed E-state index contributed by atoms with van der Waals surface area (Å²) >= 11 is 0. The van der Waals surface area contributed by atoms with Crippen LogP contribution in [-0.2, 0) is 0 Å². The number of fused-ring (bicyclic) bond motifs is 1. The molecule has 0 saturated heterocycles. The van der Waals surface area contributed by atoms with Crippen LogP contribution < -0.4 is 5.32 Å². The Kier molecular flexibility index (Phi) is 5.80. The molecular formula is C18H26FNO. The fourth-order valence-corrected chi connectivity index (χ4v) is 2.99. The molecule has 0 radical (unpaired) electrons. The predicted molar refractivity (Wildman–Crippen MR) is 85.9 cm³/mol. The van der Waals surface area contributed by atoms with E-state index in [1.54, 1.807) is 6.07 Å².